The third-order valence-electron chi connectivity index (χ3n) is 2.00. The van der Waals surface area contributed by atoms with Crippen LogP contribution in [0.1, 0.15) is 5.56 Å². The Labute approximate surface area is 107 Å². The standard InChI is InChI=1S/C12H11BrFNO2/c1-2-3-15(8-12(16)17)7-9-4-10(13)6-11(14)5-9/h1,4-6H,3,7-8H2,(H,16,17). The molecule has 0 aromatic heterocycles. The second-order valence-corrected chi connectivity index (χ2v) is 4.44. The minimum Gasteiger partial charge on any atom is -0.480 e. The van der Waals surface area contributed by atoms with E-state index in [0.29, 0.717) is 16.6 Å². The minimum atomic E-state index is -0.962. The fourth-order valence-electron chi connectivity index (χ4n) is 1.45. The van der Waals surface area contributed by atoms with Gasteiger partial charge in [0.05, 0.1) is 13.1 Å². The molecule has 90 valence electrons. The lowest BCUT2D eigenvalue weighted by molar-refractivity contribution is -0.138. The number of rotatable bonds is 5. The van der Waals surface area contributed by atoms with Crippen LogP contribution in [0, 0.1) is 18.2 Å². The predicted octanol–water partition coefficient (Wildman–Crippen LogP) is 2.11. The maximum atomic E-state index is 13.1. The summed E-state index contributed by atoms with van der Waals surface area (Å²) in [4.78, 5) is 12.2. The molecule has 0 aliphatic carbocycles. The maximum Gasteiger partial charge on any atom is 0.317 e. The Balaban J connectivity index is 2.78. The molecule has 1 N–H and O–H groups in total. The second-order valence-electron chi connectivity index (χ2n) is 3.52. The van der Waals surface area contributed by atoms with Crippen molar-refractivity contribution in [2.75, 3.05) is 13.1 Å². The first kappa shape index (κ1) is 13.7. The van der Waals surface area contributed by atoms with E-state index >= 15 is 0 Å². The number of benzene rings is 1. The normalized spacial score (nSPS) is 10.2. The summed E-state index contributed by atoms with van der Waals surface area (Å²) in [5, 5.41) is 8.70. The van der Waals surface area contributed by atoms with Crippen LogP contribution in [0.3, 0.4) is 0 Å². The molecule has 1 aromatic carbocycles. The smallest absolute Gasteiger partial charge is 0.317 e. The highest BCUT2D eigenvalue weighted by atomic mass is 79.9. The first-order chi connectivity index (χ1) is 8.01. The average molecular weight is 300 g/mol. The van der Waals surface area contributed by atoms with E-state index in [-0.39, 0.29) is 18.9 Å². The molecule has 0 heterocycles. The van der Waals surface area contributed by atoms with Crippen LogP contribution in [0.5, 0.6) is 0 Å². The molecule has 1 rings (SSSR count). The lowest BCUT2D eigenvalue weighted by Crippen LogP contribution is -2.29. The zero-order chi connectivity index (χ0) is 12.8. The highest BCUT2D eigenvalue weighted by molar-refractivity contribution is 9.10. The molecule has 0 saturated heterocycles. The first-order valence-corrected chi connectivity index (χ1v) is 5.63. The molecule has 0 spiro atoms. The maximum absolute atomic E-state index is 13.1. The number of hydrogen-bond acceptors (Lipinski definition) is 2. The highest BCUT2D eigenvalue weighted by Gasteiger charge is 2.10. The molecular formula is C12H11BrFNO2. The van der Waals surface area contributed by atoms with Crippen molar-refractivity contribution in [1.29, 1.82) is 0 Å². The summed E-state index contributed by atoms with van der Waals surface area (Å²) in [7, 11) is 0. The van der Waals surface area contributed by atoms with Gasteiger partial charge in [-0.05, 0) is 23.8 Å². The molecular weight excluding hydrogens is 289 g/mol. The van der Waals surface area contributed by atoms with Gasteiger partial charge in [0, 0.05) is 11.0 Å². The number of carbonyl (C=O) groups is 1. The van der Waals surface area contributed by atoms with E-state index in [2.05, 4.69) is 21.9 Å². The van der Waals surface area contributed by atoms with E-state index in [9.17, 15) is 9.18 Å². The van der Waals surface area contributed by atoms with Gasteiger partial charge in [0.1, 0.15) is 5.82 Å². The van der Waals surface area contributed by atoms with Crippen LogP contribution in [0.2, 0.25) is 0 Å². The molecule has 0 saturated carbocycles. The van der Waals surface area contributed by atoms with E-state index in [1.165, 1.54) is 12.1 Å². The Bertz CT molecular complexity index is 436. The molecule has 17 heavy (non-hydrogen) atoms. The van der Waals surface area contributed by atoms with Crippen LogP contribution in [-0.2, 0) is 11.3 Å². The number of halogens is 2. The summed E-state index contributed by atoms with van der Waals surface area (Å²) in [6.45, 7) is 0.339. The number of terminal acetylenes is 1. The van der Waals surface area contributed by atoms with E-state index in [1.807, 2.05) is 0 Å². The summed E-state index contributed by atoms with van der Waals surface area (Å²) in [5.74, 6) is 1.05. The van der Waals surface area contributed by atoms with Crippen LogP contribution < -0.4 is 0 Å². The van der Waals surface area contributed by atoms with Crippen LogP contribution in [0.4, 0.5) is 4.39 Å². The fourth-order valence-corrected chi connectivity index (χ4v) is 1.96. The van der Waals surface area contributed by atoms with Gasteiger partial charge in [-0.25, -0.2) is 4.39 Å². The van der Waals surface area contributed by atoms with Crippen molar-refractivity contribution in [2.24, 2.45) is 0 Å². The van der Waals surface area contributed by atoms with Crippen LogP contribution >= 0.6 is 15.9 Å². The summed E-state index contributed by atoms with van der Waals surface area (Å²) in [5.41, 5.74) is 0.674. The molecule has 0 atom stereocenters. The quantitative estimate of drug-likeness (QED) is 0.847. The van der Waals surface area contributed by atoms with Crippen molar-refractivity contribution in [2.45, 2.75) is 6.54 Å². The van der Waals surface area contributed by atoms with Gasteiger partial charge in [0.15, 0.2) is 0 Å². The monoisotopic (exact) mass is 299 g/mol. The Hall–Kier alpha value is -1.38. The number of aliphatic carboxylic acids is 1. The molecule has 0 aliphatic heterocycles. The summed E-state index contributed by atoms with van der Waals surface area (Å²) in [6.07, 6.45) is 5.15. The predicted molar refractivity (Wildman–Crippen MR) is 65.8 cm³/mol. The Morgan fingerprint density at radius 2 is 2.24 bits per heavy atom. The van der Waals surface area contributed by atoms with E-state index in [1.54, 1.807) is 11.0 Å². The lowest BCUT2D eigenvalue weighted by atomic mass is 10.2. The van der Waals surface area contributed by atoms with E-state index in [4.69, 9.17) is 11.5 Å². The SMILES string of the molecule is C#CCN(CC(=O)O)Cc1cc(F)cc(Br)c1. The number of hydrogen-bond donors (Lipinski definition) is 1. The Kier molecular flexibility index (Phi) is 5.13. The van der Waals surface area contributed by atoms with Crippen molar-refractivity contribution >= 4 is 21.9 Å². The van der Waals surface area contributed by atoms with Gasteiger partial charge in [0.25, 0.3) is 0 Å². The molecule has 3 nitrogen and oxygen atoms in total. The van der Waals surface area contributed by atoms with Gasteiger partial charge in [0.2, 0.25) is 0 Å². The zero-order valence-corrected chi connectivity index (χ0v) is 10.6. The van der Waals surface area contributed by atoms with Gasteiger partial charge in [-0.3, -0.25) is 9.69 Å². The topological polar surface area (TPSA) is 40.5 Å². The summed E-state index contributed by atoms with van der Waals surface area (Å²) < 4.78 is 13.7. The van der Waals surface area contributed by atoms with Gasteiger partial charge in [-0.15, -0.1) is 6.42 Å². The largest absolute Gasteiger partial charge is 0.480 e. The van der Waals surface area contributed by atoms with Gasteiger partial charge >= 0.3 is 5.97 Å². The first-order valence-electron chi connectivity index (χ1n) is 4.84. The summed E-state index contributed by atoms with van der Waals surface area (Å²) in [6, 6.07) is 4.43. The molecule has 0 bridgehead atoms. The minimum absolute atomic E-state index is 0.168. The van der Waals surface area contributed by atoms with Gasteiger partial charge < -0.3 is 5.11 Å². The van der Waals surface area contributed by atoms with Crippen LogP contribution in [0.25, 0.3) is 0 Å². The molecule has 1 aromatic rings. The number of nitrogens with zero attached hydrogens (tertiary/aromatic N) is 1. The van der Waals surface area contributed by atoms with Crippen molar-refractivity contribution < 1.29 is 14.3 Å². The van der Waals surface area contributed by atoms with Crippen molar-refractivity contribution in [3.05, 3.63) is 34.1 Å². The molecule has 0 aliphatic rings. The molecule has 5 heteroatoms. The Morgan fingerprint density at radius 1 is 1.53 bits per heavy atom. The van der Waals surface area contributed by atoms with Crippen molar-refractivity contribution in [1.82, 2.24) is 4.90 Å². The highest BCUT2D eigenvalue weighted by Crippen LogP contribution is 2.16. The second kappa shape index (κ2) is 6.38. The van der Waals surface area contributed by atoms with Crippen molar-refractivity contribution in [3.8, 4) is 12.3 Å². The molecule has 0 unspecified atom stereocenters. The Morgan fingerprint density at radius 3 is 2.76 bits per heavy atom. The zero-order valence-electron chi connectivity index (χ0n) is 8.99. The molecule has 0 fully saturated rings. The van der Waals surface area contributed by atoms with Crippen LogP contribution in [0.15, 0.2) is 22.7 Å². The fraction of sp³-hybridized carbons (Fsp3) is 0.250. The number of carboxylic acids is 1. The van der Waals surface area contributed by atoms with E-state index < -0.39 is 5.97 Å². The molecule has 0 amide bonds. The average Bonchev–Trinajstić information content (AvgIpc) is 2.14. The number of carboxylic acid groups (broad SMARTS) is 1. The van der Waals surface area contributed by atoms with Crippen LogP contribution in [-0.4, -0.2) is 29.1 Å². The van der Waals surface area contributed by atoms with Gasteiger partial charge in [-0.2, -0.15) is 0 Å². The molecule has 0 radical (unpaired) electrons. The van der Waals surface area contributed by atoms with Gasteiger partial charge in [-0.1, -0.05) is 21.9 Å². The summed E-state index contributed by atoms with van der Waals surface area (Å²) >= 11 is 3.18. The third kappa shape index (κ3) is 4.98. The van der Waals surface area contributed by atoms with Crippen molar-refractivity contribution in [3.63, 3.8) is 0 Å². The third-order valence-corrected chi connectivity index (χ3v) is 2.46. The van der Waals surface area contributed by atoms with E-state index in [0.717, 1.165) is 0 Å². The lowest BCUT2D eigenvalue weighted by Gasteiger charge is -2.17.